The van der Waals surface area contributed by atoms with E-state index in [1.54, 1.807) is 18.2 Å². The number of unbranched alkanes of at least 4 members (excludes halogenated alkanes) is 2. The summed E-state index contributed by atoms with van der Waals surface area (Å²) in [7, 11) is 0. The summed E-state index contributed by atoms with van der Waals surface area (Å²) in [4.78, 5) is 47.2. The summed E-state index contributed by atoms with van der Waals surface area (Å²) >= 11 is 0. The van der Waals surface area contributed by atoms with Crippen molar-refractivity contribution in [3.05, 3.63) is 59.2 Å². The average Bonchev–Trinajstić information content (AvgIpc) is 2.84. The Balaban J connectivity index is 0.000000442. The van der Waals surface area contributed by atoms with E-state index in [1.165, 1.54) is 38.1 Å². The van der Waals surface area contributed by atoms with Crippen LogP contribution < -0.4 is 4.74 Å². The zero-order valence-electron chi connectivity index (χ0n) is 22.2. The summed E-state index contributed by atoms with van der Waals surface area (Å²) < 4.78 is 10.2. The number of rotatable bonds is 12. The van der Waals surface area contributed by atoms with E-state index in [9.17, 15) is 24.3 Å². The molecular formula is C28H37NO8. The topological polar surface area (TPSA) is 130 Å². The van der Waals surface area contributed by atoms with Crippen LogP contribution in [0.5, 0.6) is 11.5 Å². The molecule has 0 aliphatic heterocycles. The van der Waals surface area contributed by atoms with Crippen LogP contribution >= 0.6 is 0 Å². The van der Waals surface area contributed by atoms with Crippen LogP contribution in [0.15, 0.2) is 42.5 Å². The second-order valence-corrected chi connectivity index (χ2v) is 8.40. The van der Waals surface area contributed by atoms with Crippen LogP contribution in [0.4, 0.5) is 0 Å². The van der Waals surface area contributed by atoms with Crippen LogP contribution in [0.3, 0.4) is 0 Å². The maximum Gasteiger partial charge on any atom is 0.343 e. The zero-order valence-corrected chi connectivity index (χ0v) is 22.2. The third-order valence-corrected chi connectivity index (χ3v) is 5.40. The molecule has 37 heavy (non-hydrogen) atoms. The fourth-order valence-electron chi connectivity index (χ4n) is 3.37. The highest BCUT2D eigenvalue weighted by Gasteiger charge is 2.22. The van der Waals surface area contributed by atoms with Gasteiger partial charge in [0.1, 0.15) is 22.6 Å². The summed E-state index contributed by atoms with van der Waals surface area (Å²) in [5.41, 5.74) is 0.143. The lowest BCUT2D eigenvalue weighted by atomic mass is 10.1. The lowest BCUT2D eigenvalue weighted by molar-refractivity contribution is -0.131. The van der Waals surface area contributed by atoms with Gasteiger partial charge in [-0.15, -0.1) is 0 Å². The first kappa shape index (κ1) is 31.3. The van der Waals surface area contributed by atoms with Gasteiger partial charge in [0.05, 0.1) is 5.56 Å². The lowest BCUT2D eigenvalue weighted by Crippen LogP contribution is -2.38. The number of phenolic OH excluding ortho intramolecular Hbond substituents is 1. The Labute approximate surface area is 218 Å². The predicted octanol–water partition coefficient (Wildman–Crippen LogP) is 5.31. The molecule has 202 valence electrons. The quantitative estimate of drug-likeness (QED) is 0.167. The first-order valence-corrected chi connectivity index (χ1v) is 12.3. The highest BCUT2D eigenvalue weighted by Crippen LogP contribution is 2.24. The van der Waals surface area contributed by atoms with Crippen molar-refractivity contribution in [1.82, 2.24) is 4.90 Å². The molecule has 0 aliphatic rings. The van der Waals surface area contributed by atoms with E-state index in [0.29, 0.717) is 0 Å². The minimum Gasteiger partial charge on any atom is -0.506 e. The fraction of sp³-hybridized carbons (Fsp3) is 0.429. The van der Waals surface area contributed by atoms with Crippen LogP contribution in [-0.2, 0) is 9.53 Å². The number of carbonyl (C=O) groups is 4. The number of carboxylic acids is 1. The number of Topliss-reactive ketones (excluding diaryl/α,β-unsaturated/α-hetero) is 1. The molecule has 0 bridgehead atoms. The van der Waals surface area contributed by atoms with E-state index in [1.807, 2.05) is 6.92 Å². The van der Waals surface area contributed by atoms with Crippen LogP contribution in [0.1, 0.15) is 91.4 Å². The molecule has 9 heteroatoms. The molecule has 0 fully saturated rings. The highest BCUT2D eigenvalue weighted by molar-refractivity contribution is 6.02. The van der Waals surface area contributed by atoms with E-state index in [2.05, 4.69) is 23.5 Å². The van der Waals surface area contributed by atoms with Crippen LogP contribution in [0.25, 0.3) is 0 Å². The number of aromatic carboxylic acids is 1. The number of esters is 2. The monoisotopic (exact) mass is 515 g/mol. The number of hydrogen-bond donors (Lipinski definition) is 2. The minimum absolute atomic E-state index is 0.0160. The number of carboxylic acid groups (broad SMARTS) is 1. The second kappa shape index (κ2) is 16.1. The molecule has 1 atom stereocenters. The smallest absolute Gasteiger partial charge is 0.343 e. The number of nitrogens with zero attached hydrogens (tertiary/aromatic N) is 1. The summed E-state index contributed by atoms with van der Waals surface area (Å²) in [6.07, 6.45) is 3.85. The van der Waals surface area contributed by atoms with Gasteiger partial charge in [-0.3, -0.25) is 14.5 Å². The van der Waals surface area contributed by atoms with Gasteiger partial charge in [-0.25, -0.2) is 9.59 Å². The van der Waals surface area contributed by atoms with E-state index in [-0.39, 0.29) is 40.2 Å². The van der Waals surface area contributed by atoms with Crippen molar-refractivity contribution in [2.24, 2.45) is 0 Å². The fourth-order valence-corrected chi connectivity index (χ4v) is 3.37. The van der Waals surface area contributed by atoms with Gasteiger partial charge in [-0.2, -0.15) is 0 Å². The standard InChI is InChI=1S/C19H29NO4.C9H8O4/c1-5-7-12-20(13-8-6-2)15(4)24-19(23)17-11-9-10-16(14(3)21)18(17)22;1-6(10)13-8-5-3-2-4-7(8)9(11)12/h9-11,15,22H,5-8,12-13H2,1-4H3;2-5H,1H3,(H,11,12). The molecule has 2 N–H and O–H groups in total. The van der Waals surface area contributed by atoms with Crippen molar-refractivity contribution >= 4 is 23.7 Å². The Morgan fingerprint density at radius 3 is 1.92 bits per heavy atom. The summed E-state index contributed by atoms with van der Waals surface area (Å²) in [5, 5.41) is 18.8. The highest BCUT2D eigenvalue weighted by atomic mass is 16.6. The van der Waals surface area contributed by atoms with Crippen molar-refractivity contribution in [2.45, 2.75) is 66.5 Å². The first-order valence-electron chi connectivity index (χ1n) is 12.3. The Morgan fingerprint density at radius 2 is 1.41 bits per heavy atom. The summed E-state index contributed by atoms with van der Waals surface area (Å²) in [6.45, 7) is 10.4. The number of phenols is 1. The van der Waals surface area contributed by atoms with E-state index in [0.717, 1.165) is 38.8 Å². The van der Waals surface area contributed by atoms with Crippen molar-refractivity contribution < 1.29 is 38.9 Å². The van der Waals surface area contributed by atoms with Gasteiger partial charge in [-0.05, 0) is 51.0 Å². The number of para-hydroxylation sites is 2. The normalized spacial score (nSPS) is 11.2. The molecule has 2 aromatic carbocycles. The molecule has 0 saturated heterocycles. The van der Waals surface area contributed by atoms with Gasteiger partial charge in [0.15, 0.2) is 12.0 Å². The van der Waals surface area contributed by atoms with E-state index in [4.69, 9.17) is 9.84 Å². The van der Waals surface area contributed by atoms with E-state index >= 15 is 0 Å². The maximum absolute atomic E-state index is 12.4. The zero-order chi connectivity index (χ0) is 28.0. The third-order valence-electron chi connectivity index (χ3n) is 5.40. The Kier molecular flexibility index (Phi) is 13.6. The molecule has 0 heterocycles. The molecule has 0 amide bonds. The van der Waals surface area contributed by atoms with Crippen LogP contribution in [-0.4, -0.2) is 58.1 Å². The molecule has 2 aromatic rings. The van der Waals surface area contributed by atoms with E-state index < -0.39 is 17.9 Å². The largest absolute Gasteiger partial charge is 0.506 e. The molecule has 2 rings (SSSR count). The number of ether oxygens (including phenoxy) is 2. The van der Waals surface area contributed by atoms with Crippen molar-refractivity contribution in [3.63, 3.8) is 0 Å². The van der Waals surface area contributed by atoms with Crippen molar-refractivity contribution in [3.8, 4) is 11.5 Å². The number of hydrogen-bond acceptors (Lipinski definition) is 8. The second-order valence-electron chi connectivity index (χ2n) is 8.40. The first-order chi connectivity index (χ1) is 17.5. The van der Waals surface area contributed by atoms with Gasteiger partial charge in [0, 0.05) is 20.0 Å². The minimum atomic E-state index is -1.11. The van der Waals surface area contributed by atoms with Gasteiger partial charge in [0.2, 0.25) is 0 Å². The predicted molar refractivity (Wildman–Crippen MR) is 139 cm³/mol. The molecular weight excluding hydrogens is 478 g/mol. The summed E-state index contributed by atoms with van der Waals surface area (Å²) in [6, 6.07) is 10.5. The third kappa shape index (κ3) is 10.4. The number of aromatic hydroxyl groups is 1. The molecule has 9 nitrogen and oxygen atoms in total. The van der Waals surface area contributed by atoms with Gasteiger partial charge in [0.25, 0.3) is 0 Å². The lowest BCUT2D eigenvalue weighted by Gasteiger charge is -2.28. The maximum atomic E-state index is 12.4. The van der Waals surface area contributed by atoms with Crippen molar-refractivity contribution in [1.29, 1.82) is 0 Å². The van der Waals surface area contributed by atoms with Crippen LogP contribution in [0, 0.1) is 0 Å². The number of ketones is 1. The van der Waals surface area contributed by atoms with Gasteiger partial charge < -0.3 is 19.7 Å². The SMILES string of the molecule is CC(=O)Oc1ccccc1C(=O)O.CCCCN(CCCC)C(C)OC(=O)c1cccc(C(C)=O)c1O. The molecule has 0 radical (unpaired) electrons. The molecule has 0 saturated carbocycles. The van der Waals surface area contributed by atoms with Crippen molar-refractivity contribution in [2.75, 3.05) is 13.1 Å². The summed E-state index contributed by atoms with van der Waals surface area (Å²) in [5.74, 6) is -2.78. The molecule has 0 spiro atoms. The number of carbonyl (C=O) groups excluding carboxylic acids is 3. The molecule has 0 aromatic heterocycles. The Morgan fingerprint density at radius 1 is 0.865 bits per heavy atom. The van der Waals surface area contributed by atoms with Gasteiger partial charge in [-0.1, -0.05) is 44.9 Å². The Hall–Kier alpha value is -3.72. The molecule has 0 aliphatic carbocycles. The Bertz CT molecular complexity index is 1060. The van der Waals surface area contributed by atoms with Gasteiger partial charge >= 0.3 is 17.9 Å². The average molecular weight is 516 g/mol. The number of benzene rings is 2. The molecule has 1 unspecified atom stereocenters. The van der Waals surface area contributed by atoms with Crippen LogP contribution in [0.2, 0.25) is 0 Å².